The molecule has 106 valence electrons. The molecule has 2 N–H and O–H groups in total. The molecule has 2 aromatic rings. The SMILES string of the molecule is C[C@H](N)c1ccc(Sc2nnc3n2CCCCC3)cn1. The van der Waals surface area contributed by atoms with Gasteiger partial charge in [0.2, 0.25) is 0 Å². The Kier molecular flexibility index (Phi) is 4.03. The fourth-order valence-corrected chi connectivity index (χ4v) is 3.20. The highest BCUT2D eigenvalue weighted by Crippen LogP contribution is 2.28. The van der Waals surface area contributed by atoms with Crippen LogP contribution in [0, 0.1) is 0 Å². The summed E-state index contributed by atoms with van der Waals surface area (Å²) in [5.41, 5.74) is 6.72. The Hall–Kier alpha value is -1.40. The molecular formula is C14H19N5S. The van der Waals surface area contributed by atoms with E-state index in [9.17, 15) is 0 Å². The van der Waals surface area contributed by atoms with Crippen molar-refractivity contribution in [3.63, 3.8) is 0 Å². The van der Waals surface area contributed by atoms with Crippen molar-refractivity contribution in [2.24, 2.45) is 5.73 Å². The average molecular weight is 289 g/mol. The number of nitrogens with zero attached hydrogens (tertiary/aromatic N) is 4. The maximum absolute atomic E-state index is 5.81. The summed E-state index contributed by atoms with van der Waals surface area (Å²) in [5, 5.41) is 9.60. The monoisotopic (exact) mass is 289 g/mol. The summed E-state index contributed by atoms with van der Waals surface area (Å²) >= 11 is 1.62. The van der Waals surface area contributed by atoms with Gasteiger partial charge in [-0.2, -0.15) is 0 Å². The summed E-state index contributed by atoms with van der Waals surface area (Å²) in [4.78, 5) is 5.46. The van der Waals surface area contributed by atoms with Gasteiger partial charge in [0, 0.05) is 30.1 Å². The summed E-state index contributed by atoms with van der Waals surface area (Å²) < 4.78 is 2.25. The standard InChI is InChI=1S/C14H19N5S/c1-10(15)12-7-6-11(9-16-12)20-14-18-17-13-5-3-2-4-8-19(13)14/h6-7,9-10H,2-5,8,15H2,1H3/t10-/m0/s1. The van der Waals surface area contributed by atoms with Gasteiger partial charge in [0.15, 0.2) is 5.16 Å². The molecule has 1 aliphatic heterocycles. The van der Waals surface area contributed by atoms with Crippen LogP contribution in [0.1, 0.15) is 43.7 Å². The lowest BCUT2D eigenvalue weighted by atomic mass is 10.2. The molecule has 0 radical (unpaired) electrons. The van der Waals surface area contributed by atoms with Crippen molar-refractivity contribution in [1.29, 1.82) is 0 Å². The van der Waals surface area contributed by atoms with Gasteiger partial charge in [-0.1, -0.05) is 6.42 Å². The second-order valence-electron chi connectivity index (χ2n) is 5.17. The van der Waals surface area contributed by atoms with Crippen molar-refractivity contribution in [3.8, 4) is 0 Å². The number of rotatable bonds is 3. The maximum atomic E-state index is 5.81. The highest BCUT2D eigenvalue weighted by atomic mass is 32.2. The van der Waals surface area contributed by atoms with Crippen LogP contribution < -0.4 is 5.73 Å². The summed E-state index contributed by atoms with van der Waals surface area (Å²) in [6.45, 7) is 2.96. The first-order chi connectivity index (χ1) is 9.74. The fraction of sp³-hybridized carbons (Fsp3) is 0.500. The van der Waals surface area contributed by atoms with E-state index in [1.165, 1.54) is 19.3 Å². The number of aromatic nitrogens is 4. The molecule has 0 aromatic carbocycles. The molecule has 0 unspecified atom stereocenters. The molecule has 20 heavy (non-hydrogen) atoms. The second kappa shape index (κ2) is 5.93. The number of pyridine rings is 1. The van der Waals surface area contributed by atoms with E-state index in [1.54, 1.807) is 11.8 Å². The molecule has 6 heteroatoms. The Balaban J connectivity index is 1.79. The lowest BCUT2D eigenvalue weighted by molar-refractivity contribution is 0.591. The molecule has 0 spiro atoms. The molecule has 3 heterocycles. The van der Waals surface area contributed by atoms with Crippen LogP contribution in [0.5, 0.6) is 0 Å². The zero-order chi connectivity index (χ0) is 13.9. The lowest BCUT2D eigenvalue weighted by Crippen LogP contribution is -2.06. The van der Waals surface area contributed by atoms with Gasteiger partial charge in [0.1, 0.15) is 5.82 Å². The molecule has 0 saturated heterocycles. The highest BCUT2D eigenvalue weighted by molar-refractivity contribution is 7.99. The van der Waals surface area contributed by atoms with E-state index in [0.717, 1.165) is 34.5 Å². The van der Waals surface area contributed by atoms with E-state index in [-0.39, 0.29) is 6.04 Å². The predicted octanol–water partition coefficient (Wildman–Crippen LogP) is 2.57. The highest BCUT2D eigenvalue weighted by Gasteiger charge is 2.15. The molecule has 1 aliphatic rings. The van der Waals surface area contributed by atoms with E-state index in [0.29, 0.717) is 0 Å². The molecule has 1 atom stereocenters. The largest absolute Gasteiger partial charge is 0.323 e. The fourth-order valence-electron chi connectivity index (χ4n) is 2.36. The molecule has 0 aliphatic carbocycles. The van der Waals surface area contributed by atoms with Gasteiger partial charge < -0.3 is 10.3 Å². The van der Waals surface area contributed by atoms with Crippen LogP contribution in [0.4, 0.5) is 0 Å². The van der Waals surface area contributed by atoms with Crippen LogP contribution in [-0.2, 0) is 13.0 Å². The second-order valence-corrected chi connectivity index (χ2v) is 6.21. The topological polar surface area (TPSA) is 69.6 Å². The molecule has 0 fully saturated rings. The van der Waals surface area contributed by atoms with Crippen molar-refractivity contribution in [3.05, 3.63) is 29.8 Å². The first kappa shape index (κ1) is 13.6. The third-order valence-electron chi connectivity index (χ3n) is 3.51. The van der Waals surface area contributed by atoms with Gasteiger partial charge in [-0.05, 0) is 43.7 Å². The maximum Gasteiger partial charge on any atom is 0.196 e. The van der Waals surface area contributed by atoms with Gasteiger partial charge in [-0.15, -0.1) is 10.2 Å². The zero-order valence-corrected chi connectivity index (χ0v) is 12.4. The Labute approximate surface area is 123 Å². The van der Waals surface area contributed by atoms with Crippen LogP contribution in [0.25, 0.3) is 0 Å². The van der Waals surface area contributed by atoms with E-state index in [4.69, 9.17) is 5.73 Å². The Bertz CT molecular complexity index is 576. The van der Waals surface area contributed by atoms with Gasteiger partial charge in [0.25, 0.3) is 0 Å². The molecular weight excluding hydrogens is 270 g/mol. The lowest BCUT2D eigenvalue weighted by Gasteiger charge is -2.07. The minimum Gasteiger partial charge on any atom is -0.323 e. The first-order valence-corrected chi connectivity index (χ1v) is 7.87. The van der Waals surface area contributed by atoms with E-state index in [2.05, 4.69) is 25.8 Å². The minimum atomic E-state index is -0.0292. The Morgan fingerprint density at radius 1 is 1.25 bits per heavy atom. The van der Waals surface area contributed by atoms with Gasteiger partial charge in [-0.3, -0.25) is 4.98 Å². The van der Waals surface area contributed by atoms with E-state index in [1.807, 2.05) is 19.2 Å². The van der Waals surface area contributed by atoms with Crippen LogP contribution in [0.3, 0.4) is 0 Å². The van der Waals surface area contributed by atoms with Gasteiger partial charge >= 0.3 is 0 Å². The summed E-state index contributed by atoms with van der Waals surface area (Å²) in [5.74, 6) is 1.12. The minimum absolute atomic E-state index is 0.0292. The van der Waals surface area contributed by atoms with Gasteiger partial charge in [0.05, 0.1) is 5.69 Å². The van der Waals surface area contributed by atoms with Crippen LogP contribution >= 0.6 is 11.8 Å². The predicted molar refractivity (Wildman–Crippen MR) is 78.5 cm³/mol. The number of hydrogen-bond acceptors (Lipinski definition) is 5. The number of hydrogen-bond donors (Lipinski definition) is 1. The molecule has 0 amide bonds. The third-order valence-corrected chi connectivity index (χ3v) is 4.47. The summed E-state index contributed by atoms with van der Waals surface area (Å²) in [6, 6.07) is 4.00. The van der Waals surface area contributed by atoms with Crippen molar-refractivity contribution in [1.82, 2.24) is 19.7 Å². The van der Waals surface area contributed by atoms with Crippen molar-refractivity contribution in [2.75, 3.05) is 0 Å². The van der Waals surface area contributed by atoms with Crippen molar-refractivity contribution in [2.45, 2.75) is 55.2 Å². The Morgan fingerprint density at radius 2 is 2.15 bits per heavy atom. The molecule has 2 aromatic heterocycles. The average Bonchev–Trinajstić information content (AvgIpc) is 2.69. The van der Waals surface area contributed by atoms with Crippen LogP contribution in [0.15, 0.2) is 28.4 Å². The van der Waals surface area contributed by atoms with Crippen molar-refractivity contribution < 1.29 is 0 Å². The summed E-state index contributed by atoms with van der Waals surface area (Å²) in [6.07, 6.45) is 6.60. The number of fused-ring (bicyclic) bond motifs is 1. The normalized spacial score (nSPS) is 16.5. The molecule has 0 saturated carbocycles. The van der Waals surface area contributed by atoms with E-state index < -0.39 is 0 Å². The zero-order valence-electron chi connectivity index (χ0n) is 11.6. The van der Waals surface area contributed by atoms with Gasteiger partial charge in [-0.25, -0.2) is 0 Å². The van der Waals surface area contributed by atoms with Crippen LogP contribution in [-0.4, -0.2) is 19.7 Å². The molecule has 3 rings (SSSR count). The Morgan fingerprint density at radius 3 is 2.90 bits per heavy atom. The van der Waals surface area contributed by atoms with Crippen molar-refractivity contribution >= 4 is 11.8 Å². The molecule has 5 nitrogen and oxygen atoms in total. The quantitative estimate of drug-likeness (QED) is 0.940. The first-order valence-electron chi connectivity index (χ1n) is 7.05. The van der Waals surface area contributed by atoms with Crippen LogP contribution in [0.2, 0.25) is 0 Å². The summed E-state index contributed by atoms with van der Waals surface area (Å²) in [7, 11) is 0. The number of aryl methyl sites for hydroxylation is 1. The van der Waals surface area contributed by atoms with E-state index >= 15 is 0 Å². The number of nitrogens with two attached hydrogens (primary N) is 1. The smallest absolute Gasteiger partial charge is 0.196 e. The molecule has 0 bridgehead atoms. The third kappa shape index (κ3) is 2.86.